The van der Waals surface area contributed by atoms with E-state index in [4.69, 9.17) is 5.73 Å². The summed E-state index contributed by atoms with van der Waals surface area (Å²) < 4.78 is 0. The number of benzene rings is 1. The fourth-order valence-electron chi connectivity index (χ4n) is 0.976. The molecule has 1 rings (SSSR count). The first kappa shape index (κ1) is 10.1. The highest BCUT2D eigenvalue weighted by atomic mass is 16.1. The molecule has 0 aliphatic rings. The Hall–Kier alpha value is -1.95. The molecule has 1 aromatic carbocycles. The van der Waals surface area contributed by atoms with Gasteiger partial charge < -0.3 is 11.1 Å². The van der Waals surface area contributed by atoms with Crippen LogP contribution in [0.15, 0.2) is 24.3 Å². The number of amides is 1. The third-order valence-electron chi connectivity index (χ3n) is 1.67. The van der Waals surface area contributed by atoms with Crippen molar-refractivity contribution in [2.24, 2.45) is 0 Å². The summed E-state index contributed by atoms with van der Waals surface area (Å²) in [5.41, 5.74) is 7.24. The summed E-state index contributed by atoms with van der Waals surface area (Å²) in [7, 11) is 0. The second kappa shape index (κ2) is 4.93. The molecule has 1 amide bonds. The Morgan fingerprint density at radius 3 is 2.64 bits per heavy atom. The van der Waals surface area contributed by atoms with Gasteiger partial charge in [0.1, 0.15) is 0 Å². The van der Waals surface area contributed by atoms with Crippen LogP contribution >= 0.6 is 0 Å². The molecular weight excluding hydrogens is 176 g/mol. The van der Waals surface area contributed by atoms with Crippen LogP contribution in [0, 0.1) is 11.8 Å². The summed E-state index contributed by atoms with van der Waals surface area (Å²) in [5.74, 6) is 4.67. The molecule has 0 spiro atoms. The molecule has 14 heavy (non-hydrogen) atoms. The molecule has 0 saturated heterocycles. The maximum atomic E-state index is 11.0. The summed E-state index contributed by atoms with van der Waals surface area (Å²) in [5, 5.41) is 2.67. The average molecular weight is 188 g/mol. The van der Waals surface area contributed by atoms with Gasteiger partial charge in [-0.15, -0.1) is 0 Å². The van der Waals surface area contributed by atoms with Gasteiger partial charge in [-0.3, -0.25) is 4.79 Å². The topological polar surface area (TPSA) is 55.1 Å². The van der Waals surface area contributed by atoms with E-state index in [0.717, 1.165) is 5.56 Å². The highest BCUT2D eigenvalue weighted by Crippen LogP contribution is 2.04. The van der Waals surface area contributed by atoms with Crippen molar-refractivity contribution in [3.63, 3.8) is 0 Å². The molecule has 72 valence electrons. The number of rotatable bonds is 2. The number of nitrogens with two attached hydrogens (primary N) is 1. The van der Waals surface area contributed by atoms with E-state index in [0.29, 0.717) is 12.2 Å². The van der Waals surface area contributed by atoms with Crippen LogP contribution in [0.2, 0.25) is 0 Å². The Morgan fingerprint density at radius 2 is 2.07 bits per heavy atom. The molecule has 0 aliphatic carbocycles. The first-order valence-corrected chi connectivity index (χ1v) is 4.27. The molecule has 0 radical (unpaired) electrons. The number of carbonyl (C=O) groups excluding carboxylic acids is 1. The molecule has 3 N–H and O–H groups in total. The molecule has 0 heterocycles. The molecule has 0 fully saturated rings. The zero-order valence-electron chi connectivity index (χ0n) is 8.00. The molecule has 0 atom stereocenters. The van der Waals surface area contributed by atoms with E-state index in [-0.39, 0.29) is 5.91 Å². The lowest BCUT2D eigenvalue weighted by atomic mass is 10.2. The minimum Gasteiger partial charge on any atom is -0.399 e. The van der Waals surface area contributed by atoms with Crippen molar-refractivity contribution >= 4 is 11.6 Å². The fourth-order valence-corrected chi connectivity index (χ4v) is 0.976. The van der Waals surface area contributed by atoms with Gasteiger partial charge >= 0.3 is 0 Å². The minimum absolute atomic E-state index is 0.260. The van der Waals surface area contributed by atoms with Crippen molar-refractivity contribution in [2.75, 3.05) is 5.73 Å². The van der Waals surface area contributed by atoms with Gasteiger partial charge in [0.25, 0.3) is 5.91 Å². The van der Waals surface area contributed by atoms with Crippen molar-refractivity contribution in [3.05, 3.63) is 29.8 Å². The highest BCUT2D eigenvalue weighted by Gasteiger charge is 1.95. The third-order valence-corrected chi connectivity index (χ3v) is 1.67. The van der Waals surface area contributed by atoms with E-state index in [1.165, 1.54) is 0 Å². The number of hydrogen-bond acceptors (Lipinski definition) is 2. The Balaban J connectivity index is 2.48. The molecule has 0 bridgehead atoms. The van der Waals surface area contributed by atoms with Gasteiger partial charge in [0.05, 0.1) is 0 Å². The predicted octanol–water partition coefficient (Wildman–Crippen LogP) is 0.908. The van der Waals surface area contributed by atoms with Crippen LogP contribution in [0.4, 0.5) is 5.69 Å². The molecule has 3 heteroatoms. The van der Waals surface area contributed by atoms with Gasteiger partial charge in [0.2, 0.25) is 0 Å². The molecular formula is C11H12N2O. The maximum Gasteiger partial charge on any atom is 0.296 e. The largest absolute Gasteiger partial charge is 0.399 e. The molecule has 0 unspecified atom stereocenters. The zero-order valence-corrected chi connectivity index (χ0v) is 8.00. The number of nitrogen functional groups attached to an aromatic ring is 1. The summed E-state index contributed by atoms with van der Waals surface area (Å²) >= 11 is 0. The van der Waals surface area contributed by atoms with Crippen LogP contribution in [0.25, 0.3) is 0 Å². The number of nitrogens with one attached hydrogen (secondary N) is 1. The summed E-state index contributed by atoms with van der Waals surface area (Å²) in [6.07, 6.45) is 0. The lowest BCUT2D eigenvalue weighted by Gasteiger charge is -2.01. The van der Waals surface area contributed by atoms with Crippen LogP contribution in [-0.4, -0.2) is 5.91 Å². The van der Waals surface area contributed by atoms with Crippen LogP contribution in [-0.2, 0) is 11.3 Å². The van der Waals surface area contributed by atoms with Gasteiger partial charge in [-0.1, -0.05) is 18.1 Å². The van der Waals surface area contributed by atoms with Crippen molar-refractivity contribution in [3.8, 4) is 11.8 Å². The lowest BCUT2D eigenvalue weighted by Crippen LogP contribution is -2.20. The second-order valence-electron chi connectivity index (χ2n) is 2.80. The summed E-state index contributed by atoms with van der Waals surface area (Å²) in [4.78, 5) is 11.0. The molecule has 1 aromatic rings. The zero-order chi connectivity index (χ0) is 10.4. The fraction of sp³-hybridized carbons (Fsp3) is 0.182. The van der Waals surface area contributed by atoms with Crippen LogP contribution in [0.1, 0.15) is 12.5 Å². The SMILES string of the molecule is CC#CC(=O)NCc1ccc(N)cc1. The van der Waals surface area contributed by atoms with E-state index in [2.05, 4.69) is 17.2 Å². The number of carbonyl (C=O) groups is 1. The Kier molecular flexibility index (Phi) is 3.57. The predicted molar refractivity (Wildman–Crippen MR) is 56.2 cm³/mol. The summed E-state index contributed by atoms with van der Waals surface area (Å²) in [6.45, 7) is 2.11. The Labute approximate surface area is 83.3 Å². The van der Waals surface area contributed by atoms with Crippen molar-refractivity contribution < 1.29 is 4.79 Å². The molecule has 0 aliphatic heterocycles. The minimum atomic E-state index is -0.260. The lowest BCUT2D eigenvalue weighted by molar-refractivity contribution is -0.115. The smallest absolute Gasteiger partial charge is 0.296 e. The quantitative estimate of drug-likeness (QED) is 0.535. The molecule has 3 nitrogen and oxygen atoms in total. The van der Waals surface area contributed by atoms with Gasteiger partial charge in [0, 0.05) is 12.2 Å². The van der Waals surface area contributed by atoms with Crippen LogP contribution in [0.3, 0.4) is 0 Å². The third kappa shape index (κ3) is 3.20. The van der Waals surface area contributed by atoms with Crippen LogP contribution in [0.5, 0.6) is 0 Å². The Morgan fingerprint density at radius 1 is 1.43 bits per heavy atom. The van der Waals surface area contributed by atoms with Gasteiger partial charge in [0.15, 0.2) is 0 Å². The second-order valence-corrected chi connectivity index (χ2v) is 2.80. The van der Waals surface area contributed by atoms with E-state index < -0.39 is 0 Å². The van der Waals surface area contributed by atoms with E-state index in [1.807, 2.05) is 12.1 Å². The van der Waals surface area contributed by atoms with E-state index in [9.17, 15) is 4.79 Å². The maximum absolute atomic E-state index is 11.0. The van der Waals surface area contributed by atoms with Gasteiger partial charge in [-0.05, 0) is 30.5 Å². The summed E-state index contributed by atoms with van der Waals surface area (Å²) in [6, 6.07) is 7.34. The van der Waals surface area contributed by atoms with Crippen LogP contribution < -0.4 is 11.1 Å². The first-order chi connectivity index (χ1) is 6.72. The highest BCUT2D eigenvalue weighted by molar-refractivity contribution is 5.93. The van der Waals surface area contributed by atoms with Crippen molar-refractivity contribution in [1.29, 1.82) is 0 Å². The molecule has 0 saturated carbocycles. The van der Waals surface area contributed by atoms with E-state index >= 15 is 0 Å². The first-order valence-electron chi connectivity index (χ1n) is 4.27. The monoisotopic (exact) mass is 188 g/mol. The average Bonchev–Trinajstić information content (AvgIpc) is 2.17. The van der Waals surface area contributed by atoms with E-state index in [1.54, 1.807) is 19.1 Å². The van der Waals surface area contributed by atoms with Crippen molar-refractivity contribution in [2.45, 2.75) is 13.5 Å². The van der Waals surface area contributed by atoms with Gasteiger partial charge in [-0.25, -0.2) is 0 Å². The normalized spacial score (nSPS) is 8.64. The van der Waals surface area contributed by atoms with Crippen molar-refractivity contribution in [1.82, 2.24) is 5.32 Å². The molecule has 0 aromatic heterocycles. The standard InChI is InChI=1S/C11H12N2O/c1-2-3-11(14)13-8-9-4-6-10(12)7-5-9/h4-7H,8,12H2,1H3,(H,13,14). The van der Waals surface area contributed by atoms with Gasteiger partial charge in [-0.2, -0.15) is 0 Å². The number of anilines is 1. The number of hydrogen-bond donors (Lipinski definition) is 2. The Bertz CT molecular complexity index is 371.